The van der Waals surface area contributed by atoms with Gasteiger partial charge in [-0.1, -0.05) is 6.92 Å². The van der Waals surface area contributed by atoms with Gasteiger partial charge in [0.25, 0.3) is 5.91 Å². The molecule has 0 atom stereocenters. The van der Waals surface area contributed by atoms with Crippen LogP contribution in [0.5, 0.6) is 0 Å². The highest BCUT2D eigenvalue weighted by Gasteiger charge is 2.23. The molecular formula is C15H21N3O2. The van der Waals surface area contributed by atoms with Gasteiger partial charge in [-0.3, -0.25) is 4.79 Å². The van der Waals surface area contributed by atoms with Crippen molar-refractivity contribution in [3.63, 3.8) is 0 Å². The molecule has 1 heterocycles. The number of hydrogen-bond donors (Lipinski definition) is 1. The summed E-state index contributed by atoms with van der Waals surface area (Å²) in [4.78, 5) is 27.5. The molecule has 2 N–H and O–H groups in total. The fraction of sp³-hybridized carbons (Fsp3) is 0.467. The minimum Gasteiger partial charge on any atom is -0.399 e. The molecule has 1 saturated heterocycles. The Kier molecular flexibility index (Phi) is 4.74. The molecule has 1 aromatic carbocycles. The van der Waals surface area contributed by atoms with Crippen molar-refractivity contribution in [3.05, 3.63) is 29.3 Å². The third-order valence-corrected chi connectivity index (χ3v) is 3.77. The summed E-state index contributed by atoms with van der Waals surface area (Å²) in [5.74, 6) is -0.00222. The SMILES string of the molecule is CCN1CCN(C(=O)c2ccc(N)cc2CC=O)CC1. The molecule has 0 saturated carbocycles. The molecule has 1 aliphatic rings. The number of carbonyl (C=O) groups is 2. The highest BCUT2D eigenvalue weighted by atomic mass is 16.2. The average Bonchev–Trinajstić information content (AvgIpc) is 2.47. The zero-order chi connectivity index (χ0) is 14.5. The number of amides is 1. The van der Waals surface area contributed by atoms with E-state index >= 15 is 0 Å². The first kappa shape index (κ1) is 14.5. The normalized spacial score (nSPS) is 16.1. The number of rotatable bonds is 4. The van der Waals surface area contributed by atoms with Gasteiger partial charge in [-0.25, -0.2) is 0 Å². The van der Waals surface area contributed by atoms with Gasteiger partial charge in [-0.15, -0.1) is 0 Å². The molecule has 0 unspecified atom stereocenters. The molecule has 108 valence electrons. The Hall–Kier alpha value is -1.88. The Morgan fingerprint density at radius 2 is 2.00 bits per heavy atom. The standard InChI is InChI=1S/C15H21N3O2/c1-2-17-6-8-18(9-7-17)15(20)14-4-3-13(16)11-12(14)5-10-19/h3-4,10-11H,2,5-9,16H2,1H3. The first-order chi connectivity index (χ1) is 9.65. The molecule has 5 nitrogen and oxygen atoms in total. The lowest BCUT2D eigenvalue weighted by Crippen LogP contribution is -2.48. The van der Waals surface area contributed by atoms with E-state index in [0.717, 1.165) is 39.0 Å². The monoisotopic (exact) mass is 275 g/mol. The molecule has 5 heteroatoms. The van der Waals surface area contributed by atoms with Crippen LogP contribution in [0, 0.1) is 0 Å². The highest BCUT2D eigenvalue weighted by molar-refractivity contribution is 5.96. The number of piperazine rings is 1. The van der Waals surface area contributed by atoms with Crippen molar-refractivity contribution >= 4 is 17.9 Å². The summed E-state index contributed by atoms with van der Waals surface area (Å²) < 4.78 is 0. The fourth-order valence-electron chi connectivity index (χ4n) is 2.52. The summed E-state index contributed by atoms with van der Waals surface area (Å²) in [7, 11) is 0. The molecule has 0 aromatic heterocycles. The summed E-state index contributed by atoms with van der Waals surface area (Å²) >= 11 is 0. The third kappa shape index (κ3) is 3.17. The minimum absolute atomic E-state index is 0.00222. The maximum atomic E-state index is 12.6. The van der Waals surface area contributed by atoms with Gasteiger partial charge < -0.3 is 20.3 Å². The Morgan fingerprint density at radius 3 is 2.60 bits per heavy atom. The van der Waals surface area contributed by atoms with Crippen LogP contribution in [0.2, 0.25) is 0 Å². The van der Waals surface area contributed by atoms with E-state index in [4.69, 9.17) is 5.73 Å². The van der Waals surface area contributed by atoms with Gasteiger partial charge in [0.2, 0.25) is 0 Å². The fourth-order valence-corrected chi connectivity index (χ4v) is 2.52. The molecule has 0 aliphatic carbocycles. The topological polar surface area (TPSA) is 66.6 Å². The first-order valence-corrected chi connectivity index (χ1v) is 6.99. The van der Waals surface area contributed by atoms with E-state index in [1.807, 2.05) is 4.90 Å². The second-order valence-electron chi connectivity index (χ2n) is 5.01. The molecule has 20 heavy (non-hydrogen) atoms. The molecule has 1 aromatic rings. The van der Waals surface area contributed by atoms with E-state index in [9.17, 15) is 9.59 Å². The highest BCUT2D eigenvalue weighted by Crippen LogP contribution is 2.17. The van der Waals surface area contributed by atoms with Crippen LogP contribution in [-0.4, -0.2) is 54.7 Å². The third-order valence-electron chi connectivity index (χ3n) is 3.77. The minimum atomic E-state index is -0.00222. The number of nitrogens with zero attached hydrogens (tertiary/aromatic N) is 2. The summed E-state index contributed by atoms with van der Waals surface area (Å²) in [5.41, 5.74) is 7.61. The first-order valence-electron chi connectivity index (χ1n) is 6.99. The van der Waals surface area contributed by atoms with Gasteiger partial charge >= 0.3 is 0 Å². The van der Waals surface area contributed by atoms with Gasteiger partial charge in [0.15, 0.2) is 0 Å². The lowest BCUT2D eigenvalue weighted by molar-refractivity contribution is -0.107. The van der Waals surface area contributed by atoms with Crippen molar-refractivity contribution in [2.75, 3.05) is 38.5 Å². The van der Waals surface area contributed by atoms with E-state index in [-0.39, 0.29) is 12.3 Å². The molecule has 1 aliphatic heterocycles. The average molecular weight is 275 g/mol. The summed E-state index contributed by atoms with van der Waals surface area (Å²) in [6.45, 7) is 6.41. The van der Waals surface area contributed by atoms with E-state index in [0.29, 0.717) is 16.8 Å². The van der Waals surface area contributed by atoms with Gasteiger partial charge in [0, 0.05) is 43.9 Å². The Balaban J connectivity index is 2.15. The number of likely N-dealkylation sites (N-methyl/N-ethyl adjacent to an activating group) is 1. The van der Waals surface area contributed by atoms with Gasteiger partial charge in [-0.2, -0.15) is 0 Å². The maximum absolute atomic E-state index is 12.6. The van der Waals surface area contributed by atoms with Crippen molar-refractivity contribution in [3.8, 4) is 0 Å². The van der Waals surface area contributed by atoms with Crippen LogP contribution < -0.4 is 5.73 Å². The van der Waals surface area contributed by atoms with Crippen LogP contribution in [-0.2, 0) is 11.2 Å². The maximum Gasteiger partial charge on any atom is 0.254 e. The second kappa shape index (κ2) is 6.52. The van der Waals surface area contributed by atoms with Gasteiger partial charge in [0.1, 0.15) is 6.29 Å². The second-order valence-corrected chi connectivity index (χ2v) is 5.01. The smallest absolute Gasteiger partial charge is 0.254 e. The molecule has 2 rings (SSSR count). The van der Waals surface area contributed by atoms with Crippen molar-refractivity contribution < 1.29 is 9.59 Å². The predicted octanol–water partition coefficient (Wildman–Crippen LogP) is 0.788. The van der Waals surface area contributed by atoms with Crippen LogP contribution in [0.25, 0.3) is 0 Å². The number of hydrogen-bond acceptors (Lipinski definition) is 4. The van der Waals surface area contributed by atoms with Crippen LogP contribution in [0.4, 0.5) is 5.69 Å². The van der Waals surface area contributed by atoms with E-state index in [2.05, 4.69) is 11.8 Å². The number of aldehydes is 1. The summed E-state index contributed by atoms with van der Waals surface area (Å²) in [6.07, 6.45) is 1.03. The molecule has 1 fully saturated rings. The van der Waals surface area contributed by atoms with Gasteiger partial charge in [-0.05, 0) is 30.3 Å². The predicted molar refractivity (Wildman–Crippen MR) is 78.6 cm³/mol. The van der Waals surface area contributed by atoms with Crippen molar-refractivity contribution in [1.29, 1.82) is 0 Å². The van der Waals surface area contributed by atoms with Crippen molar-refractivity contribution in [1.82, 2.24) is 9.80 Å². The molecule has 1 amide bonds. The van der Waals surface area contributed by atoms with Gasteiger partial charge in [0.05, 0.1) is 0 Å². The lowest BCUT2D eigenvalue weighted by Gasteiger charge is -2.34. The number of carbonyl (C=O) groups excluding carboxylic acids is 2. The lowest BCUT2D eigenvalue weighted by atomic mass is 10.0. The van der Waals surface area contributed by atoms with Crippen LogP contribution in [0.1, 0.15) is 22.8 Å². The van der Waals surface area contributed by atoms with Crippen LogP contribution >= 0.6 is 0 Å². The zero-order valence-corrected chi connectivity index (χ0v) is 11.8. The van der Waals surface area contributed by atoms with Crippen LogP contribution in [0.3, 0.4) is 0 Å². The van der Waals surface area contributed by atoms with E-state index in [1.54, 1.807) is 18.2 Å². The Bertz CT molecular complexity index is 494. The number of benzene rings is 1. The number of anilines is 1. The number of nitrogens with two attached hydrogens (primary N) is 1. The van der Waals surface area contributed by atoms with E-state index in [1.165, 1.54) is 0 Å². The van der Waals surface area contributed by atoms with Crippen LogP contribution in [0.15, 0.2) is 18.2 Å². The van der Waals surface area contributed by atoms with E-state index < -0.39 is 0 Å². The summed E-state index contributed by atoms with van der Waals surface area (Å²) in [5, 5.41) is 0. The zero-order valence-electron chi connectivity index (χ0n) is 11.8. The molecule has 0 radical (unpaired) electrons. The number of nitrogen functional groups attached to an aromatic ring is 1. The molecule has 0 bridgehead atoms. The van der Waals surface area contributed by atoms with Crippen molar-refractivity contribution in [2.45, 2.75) is 13.3 Å². The summed E-state index contributed by atoms with van der Waals surface area (Å²) in [6, 6.07) is 5.15. The quantitative estimate of drug-likeness (QED) is 0.651. The largest absolute Gasteiger partial charge is 0.399 e. The molecule has 0 spiro atoms. The van der Waals surface area contributed by atoms with Crippen molar-refractivity contribution in [2.24, 2.45) is 0 Å². The molecular weight excluding hydrogens is 254 g/mol. The Labute approximate surface area is 119 Å². The Morgan fingerprint density at radius 1 is 1.30 bits per heavy atom.